The summed E-state index contributed by atoms with van der Waals surface area (Å²) in [6, 6.07) is 0. The van der Waals surface area contributed by atoms with Crippen LogP contribution in [0.15, 0.2) is 24.3 Å². The molecule has 20 heavy (non-hydrogen) atoms. The quantitative estimate of drug-likeness (QED) is 0.628. The first-order chi connectivity index (χ1) is 9.38. The van der Waals surface area contributed by atoms with Crippen LogP contribution >= 0.6 is 0 Å². The van der Waals surface area contributed by atoms with Gasteiger partial charge in [-0.05, 0) is 38.8 Å². The van der Waals surface area contributed by atoms with Crippen LogP contribution < -0.4 is 0 Å². The maximum atomic E-state index is 11.5. The number of esters is 2. The summed E-state index contributed by atoms with van der Waals surface area (Å²) < 4.78 is 9.99. The number of hydrogen-bond acceptors (Lipinski definition) is 6. The van der Waals surface area contributed by atoms with Crippen molar-refractivity contribution in [2.75, 3.05) is 0 Å². The predicted octanol–water partition coefficient (Wildman–Crippen LogP) is 0.478. The van der Waals surface area contributed by atoms with Crippen LogP contribution in [-0.2, 0) is 19.1 Å². The van der Waals surface area contributed by atoms with E-state index in [0.717, 1.165) is 12.2 Å². The number of rotatable bonds is 0. The van der Waals surface area contributed by atoms with Crippen LogP contribution in [0.5, 0.6) is 0 Å². The number of cyclic esters (lactones) is 2. The Labute approximate surface area is 117 Å². The van der Waals surface area contributed by atoms with E-state index in [2.05, 4.69) is 0 Å². The molecule has 0 amide bonds. The van der Waals surface area contributed by atoms with Gasteiger partial charge >= 0.3 is 11.9 Å². The number of hydrogen-bond donors (Lipinski definition) is 2. The molecule has 0 bridgehead atoms. The van der Waals surface area contributed by atoms with Crippen LogP contribution in [0.2, 0.25) is 0 Å². The lowest BCUT2D eigenvalue weighted by Crippen LogP contribution is -2.27. The van der Waals surface area contributed by atoms with Gasteiger partial charge in [-0.15, -0.1) is 0 Å². The van der Waals surface area contributed by atoms with Crippen molar-refractivity contribution >= 4 is 11.9 Å². The molecule has 1 aliphatic rings. The summed E-state index contributed by atoms with van der Waals surface area (Å²) >= 11 is 0. The third-order valence-corrected chi connectivity index (χ3v) is 2.85. The molecule has 0 fully saturated rings. The van der Waals surface area contributed by atoms with Crippen LogP contribution in [0.4, 0.5) is 0 Å². The Morgan fingerprint density at radius 1 is 1.00 bits per heavy atom. The van der Waals surface area contributed by atoms with E-state index in [9.17, 15) is 19.8 Å². The monoisotopic (exact) mass is 284 g/mol. The summed E-state index contributed by atoms with van der Waals surface area (Å²) in [5.74, 6) is -1.24. The second-order valence-corrected chi connectivity index (χ2v) is 4.74. The van der Waals surface area contributed by atoms with E-state index in [-0.39, 0.29) is 6.10 Å². The average Bonchev–Trinajstić information content (AvgIpc) is 2.39. The van der Waals surface area contributed by atoms with E-state index in [1.165, 1.54) is 19.1 Å². The Morgan fingerprint density at radius 2 is 1.60 bits per heavy atom. The van der Waals surface area contributed by atoms with Crippen molar-refractivity contribution < 1.29 is 29.3 Å². The summed E-state index contributed by atoms with van der Waals surface area (Å²) in [7, 11) is 0. The minimum Gasteiger partial charge on any atom is -0.460 e. The fourth-order valence-corrected chi connectivity index (χ4v) is 1.61. The molecule has 112 valence electrons. The van der Waals surface area contributed by atoms with Crippen molar-refractivity contribution in [3.05, 3.63) is 24.3 Å². The van der Waals surface area contributed by atoms with Crippen LogP contribution in [0.3, 0.4) is 0 Å². The Kier molecular flexibility index (Phi) is 6.41. The minimum atomic E-state index is -1.11. The highest BCUT2D eigenvalue weighted by Crippen LogP contribution is 2.09. The predicted molar refractivity (Wildman–Crippen MR) is 70.6 cm³/mol. The summed E-state index contributed by atoms with van der Waals surface area (Å²) in [6.45, 7) is 3.21. The lowest BCUT2D eigenvalue weighted by Gasteiger charge is -2.17. The maximum absolute atomic E-state index is 11.5. The zero-order valence-corrected chi connectivity index (χ0v) is 11.6. The van der Waals surface area contributed by atoms with E-state index in [1.54, 1.807) is 6.92 Å². The molecule has 0 saturated carbocycles. The minimum absolute atomic E-state index is 0.361. The lowest BCUT2D eigenvalue weighted by atomic mass is 10.1. The zero-order valence-electron chi connectivity index (χ0n) is 11.6. The molecule has 0 aromatic rings. The largest absolute Gasteiger partial charge is 0.460 e. The van der Waals surface area contributed by atoms with Crippen molar-refractivity contribution in [2.24, 2.45) is 0 Å². The Bertz CT molecular complexity index is 400. The Hall–Kier alpha value is -1.66. The first-order valence-electron chi connectivity index (χ1n) is 6.52. The number of ether oxygens (including phenoxy) is 2. The molecule has 0 unspecified atom stereocenters. The molecule has 1 aliphatic heterocycles. The molecule has 4 atom stereocenters. The fourth-order valence-electron chi connectivity index (χ4n) is 1.61. The Balaban J connectivity index is 2.79. The number of aliphatic hydroxyl groups excluding tert-OH is 2. The van der Waals surface area contributed by atoms with Crippen molar-refractivity contribution in [1.29, 1.82) is 0 Å². The van der Waals surface area contributed by atoms with Crippen molar-refractivity contribution in [3.8, 4) is 0 Å². The molecule has 0 saturated heterocycles. The molecule has 6 heteroatoms. The topological polar surface area (TPSA) is 93.1 Å². The maximum Gasteiger partial charge on any atom is 0.330 e. The summed E-state index contributed by atoms with van der Waals surface area (Å²) in [4.78, 5) is 22.9. The van der Waals surface area contributed by atoms with Gasteiger partial charge in [0.15, 0.2) is 0 Å². The second-order valence-electron chi connectivity index (χ2n) is 4.74. The van der Waals surface area contributed by atoms with Gasteiger partial charge in [-0.2, -0.15) is 0 Å². The van der Waals surface area contributed by atoms with Gasteiger partial charge in [0.25, 0.3) is 0 Å². The molecule has 0 spiro atoms. The van der Waals surface area contributed by atoms with E-state index < -0.39 is 30.3 Å². The van der Waals surface area contributed by atoms with Gasteiger partial charge in [-0.25, -0.2) is 9.59 Å². The van der Waals surface area contributed by atoms with Gasteiger partial charge in [-0.1, -0.05) is 0 Å². The summed E-state index contributed by atoms with van der Waals surface area (Å²) in [6.07, 6.45) is 2.48. The normalized spacial score (nSPS) is 33.2. The first-order valence-corrected chi connectivity index (χ1v) is 6.52. The van der Waals surface area contributed by atoms with Gasteiger partial charge in [0, 0.05) is 12.2 Å². The molecule has 0 aromatic heterocycles. The van der Waals surface area contributed by atoms with Crippen LogP contribution in [0, 0.1) is 0 Å². The van der Waals surface area contributed by atoms with E-state index in [4.69, 9.17) is 9.47 Å². The van der Waals surface area contributed by atoms with E-state index in [1.807, 2.05) is 0 Å². The third-order valence-electron chi connectivity index (χ3n) is 2.85. The second kappa shape index (κ2) is 7.81. The average molecular weight is 284 g/mol. The molecule has 0 aromatic carbocycles. The molecule has 2 N–H and O–H groups in total. The van der Waals surface area contributed by atoms with Crippen LogP contribution in [-0.4, -0.2) is 46.6 Å². The summed E-state index contributed by atoms with van der Waals surface area (Å²) in [5, 5.41) is 19.3. The van der Waals surface area contributed by atoms with Crippen molar-refractivity contribution in [2.45, 2.75) is 51.1 Å². The number of aliphatic hydroxyl groups is 2. The zero-order chi connectivity index (χ0) is 15.1. The van der Waals surface area contributed by atoms with Crippen LogP contribution in [0.1, 0.15) is 26.7 Å². The van der Waals surface area contributed by atoms with Gasteiger partial charge in [0.2, 0.25) is 0 Å². The first kappa shape index (κ1) is 16.4. The molecular weight excluding hydrogens is 264 g/mol. The fraction of sp³-hybridized carbons (Fsp3) is 0.571. The van der Waals surface area contributed by atoms with Gasteiger partial charge in [-0.3, -0.25) is 0 Å². The molecule has 1 rings (SSSR count). The lowest BCUT2D eigenvalue weighted by molar-refractivity contribution is -0.146. The molecular formula is C14H20O6. The standard InChI is InChI=1S/C14H20O6/c1-9-3-4-11(15)5-7-14(18)20-10(2)12(16)6-8-13(17)19-9/h5-12,15-16H,3-4H2,1-2H3/t9-,10-,11-,12+/m0/s1. The van der Waals surface area contributed by atoms with E-state index in [0.29, 0.717) is 12.8 Å². The smallest absolute Gasteiger partial charge is 0.330 e. The SMILES string of the molecule is C[C@@H]1OC(=O)C=C[C@@H](O)CC[C@H](C)OC(=O)C=C[C@H]1O. The number of carbonyl (C=O) groups excluding carboxylic acids is 2. The molecule has 0 radical (unpaired) electrons. The number of carbonyl (C=O) groups is 2. The van der Waals surface area contributed by atoms with Crippen molar-refractivity contribution in [1.82, 2.24) is 0 Å². The van der Waals surface area contributed by atoms with Gasteiger partial charge in [0.05, 0.1) is 12.2 Å². The van der Waals surface area contributed by atoms with E-state index >= 15 is 0 Å². The third kappa shape index (κ3) is 5.99. The molecule has 6 nitrogen and oxygen atoms in total. The summed E-state index contributed by atoms with van der Waals surface area (Å²) in [5.41, 5.74) is 0. The highest BCUT2D eigenvalue weighted by atomic mass is 16.6. The highest BCUT2D eigenvalue weighted by Gasteiger charge is 2.17. The van der Waals surface area contributed by atoms with Gasteiger partial charge in [0.1, 0.15) is 12.2 Å². The Morgan fingerprint density at radius 3 is 2.30 bits per heavy atom. The molecule has 1 heterocycles. The van der Waals surface area contributed by atoms with Gasteiger partial charge < -0.3 is 19.7 Å². The molecule has 0 aliphatic carbocycles. The van der Waals surface area contributed by atoms with Crippen molar-refractivity contribution in [3.63, 3.8) is 0 Å². The highest BCUT2D eigenvalue weighted by molar-refractivity contribution is 5.83. The van der Waals surface area contributed by atoms with Crippen LogP contribution in [0.25, 0.3) is 0 Å².